The number of aliphatic hydroxyl groups is 1. The Bertz CT molecular complexity index is 361. The number of nitrogens with zero attached hydrogens (tertiary/aromatic N) is 2. The van der Waals surface area contributed by atoms with Gasteiger partial charge in [0.2, 0.25) is 0 Å². The van der Waals surface area contributed by atoms with E-state index in [2.05, 4.69) is 22.2 Å². The van der Waals surface area contributed by atoms with Crippen LogP contribution < -0.4 is 4.90 Å². The first kappa shape index (κ1) is 13.7. The summed E-state index contributed by atoms with van der Waals surface area (Å²) in [6.07, 6.45) is 6.88. The van der Waals surface area contributed by atoms with Gasteiger partial charge in [-0.25, -0.2) is 0 Å². The second-order valence-electron chi connectivity index (χ2n) is 4.79. The van der Waals surface area contributed by atoms with Gasteiger partial charge in [0.1, 0.15) is 0 Å². The van der Waals surface area contributed by atoms with Crippen LogP contribution in [0.15, 0.2) is 18.3 Å². The van der Waals surface area contributed by atoms with E-state index in [1.54, 1.807) is 0 Å². The summed E-state index contributed by atoms with van der Waals surface area (Å²) in [7, 11) is 0. The van der Waals surface area contributed by atoms with E-state index in [1.807, 2.05) is 30.9 Å². The highest BCUT2D eigenvalue weighted by Gasteiger charge is 2.18. The van der Waals surface area contributed by atoms with Gasteiger partial charge in [-0.2, -0.15) is 11.8 Å². The highest BCUT2D eigenvalue weighted by atomic mass is 32.2. The number of anilines is 1. The van der Waals surface area contributed by atoms with Gasteiger partial charge in [-0.3, -0.25) is 4.98 Å². The van der Waals surface area contributed by atoms with Gasteiger partial charge in [-0.15, -0.1) is 0 Å². The second-order valence-corrected chi connectivity index (χ2v) is 5.93. The smallest absolute Gasteiger partial charge is 0.0957 e. The molecule has 0 bridgehead atoms. The fraction of sp³-hybridized carbons (Fsp3) is 0.643. The van der Waals surface area contributed by atoms with Gasteiger partial charge in [-0.1, -0.05) is 6.92 Å². The molecule has 0 aliphatic carbocycles. The van der Waals surface area contributed by atoms with Gasteiger partial charge in [0.25, 0.3) is 0 Å². The Morgan fingerprint density at radius 3 is 2.67 bits per heavy atom. The highest BCUT2D eigenvalue weighted by Crippen LogP contribution is 2.25. The maximum atomic E-state index is 9.72. The number of hydrogen-bond donors (Lipinski definition) is 1. The zero-order valence-electron chi connectivity index (χ0n) is 11.2. The Hall–Kier alpha value is -0.740. The first-order valence-electron chi connectivity index (χ1n) is 6.66. The summed E-state index contributed by atoms with van der Waals surface area (Å²) < 4.78 is 0. The zero-order valence-corrected chi connectivity index (χ0v) is 12.0. The van der Waals surface area contributed by atoms with Crippen molar-refractivity contribution < 1.29 is 5.11 Å². The molecule has 1 aliphatic heterocycles. The van der Waals surface area contributed by atoms with Crippen molar-refractivity contribution in [2.75, 3.05) is 24.2 Å². The summed E-state index contributed by atoms with van der Waals surface area (Å²) in [5.74, 6) is 0. The summed E-state index contributed by atoms with van der Waals surface area (Å²) in [5, 5.41) is 10.5. The van der Waals surface area contributed by atoms with Crippen molar-refractivity contribution in [2.45, 2.75) is 37.5 Å². The predicted octanol–water partition coefficient (Wildman–Crippen LogP) is 2.86. The summed E-state index contributed by atoms with van der Waals surface area (Å²) in [4.78, 5) is 6.76. The summed E-state index contributed by atoms with van der Waals surface area (Å²) in [6, 6.07) is 4.03. The van der Waals surface area contributed by atoms with Crippen molar-refractivity contribution in [1.82, 2.24) is 4.98 Å². The molecule has 1 aromatic heterocycles. The molecular weight excluding hydrogens is 244 g/mol. The molecule has 0 amide bonds. The molecule has 2 heterocycles. The monoisotopic (exact) mass is 266 g/mol. The molecule has 1 aromatic rings. The van der Waals surface area contributed by atoms with Crippen molar-refractivity contribution in [3.8, 4) is 0 Å². The molecule has 0 spiro atoms. The van der Waals surface area contributed by atoms with Crippen LogP contribution >= 0.6 is 11.8 Å². The minimum absolute atomic E-state index is 0.429. The van der Waals surface area contributed by atoms with Crippen LogP contribution in [0.3, 0.4) is 0 Å². The molecule has 1 fully saturated rings. The Morgan fingerprint density at radius 1 is 1.44 bits per heavy atom. The number of rotatable bonds is 4. The predicted molar refractivity (Wildman–Crippen MR) is 78.2 cm³/mol. The topological polar surface area (TPSA) is 36.4 Å². The van der Waals surface area contributed by atoms with E-state index in [1.165, 1.54) is 18.5 Å². The van der Waals surface area contributed by atoms with E-state index >= 15 is 0 Å². The van der Waals surface area contributed by atoms with E-state index in [9.17, 15) is 5.11 Å². The van der Waals surface area contributed by atoms with E-state index in [-0.39, 0.29) is 0 Å². The SMILES string of the molecule is CCC(O)c1ccc(N2CCC(SC)CC2)cn1. The van der Waals surface area contributed by atoms with E-state index in [0.29, 0.717) is 6.42 Å². The average Bonchev–Trinajstić information content (AvgIpc) is 2.47. The fourth-order valence-electron chi connectivity index (χ4n) is 2.34. The minimum atomic E-state index is -0.429. The Morgan fingerprint density at radius 2 is 2.17 bits per heavy atom. The van der Waals surface area contributed by atoms with Crippen molar-refractivity contribution in [2.24, 2.45) is 0 Å². The molecule has 1 atom stereocenters. The fourth-order valence-corrected chi connectivity index (χ4v) is 3.02. The molecule has 1 unspecified atom stereocenters. The molecule has 4 heteroatoms. The number of pyridine rings is 1. The lowest BCUT2D eigenvalue weighted by molar-refractivity contribution is 0.169. The average molecular weight is 266 g/mol. The summed E-state index contributed by atoms with van der Waals surface area (Å²) in [5.41, 5.74) is 1.96. The van der Waals surface area contributed by atoms with Crippen LogP contribution in [0.1, 0.15) is 38.0 Å². The lowest BCUT2D eigenvalue weighted by atomic mass is 10.1. The minimum Gasteiger partial charge on any atom is -0.387 e. The maximum Gasteiger partial charge on any atom is 0.0957 e. The number of hydrogen-bond acceptors (Lipinski definition) is 4. The third kappa shape index (κ3) is 3.18. The molecule has 0 saturated carbocycles. The van der Waals surface area contributed by atoms with Crippen molar-refractivity contribution in [3.05, 3.63) is 24.0 Å². The standard InChI is InChI=1S/C14H22N2OS/c1-3-14(17)13-5-4-11(10-15-13)16-8-6-12(18-2)7-9-16/h4-5,10,12,14,17H,3,6-9H2,1-2H3. The molecule has 2 rings (SSSR count). The first-order valence-corrected chi connectivity index (χ1v) is 7.95. The third-order valence-corrected chi connectivity index (χ3v) is 4.78. The van der Waals surface area contributed by atoms with E-state index < -0.39 is 6.10 Å². The van der Waals surface area contributed by atoms with Crippen molar-refractivity contribution in [3.63, 3.8) is 0 Å². The van der Waals surface area contributed by atoms with Gasteiger partial charge in [0.05, 0.1) is 23.7 Å². The van der Waals surface area contributed by atoms with Gasteiger partial charge < -0.3 is 10.0 Å². The Balaban J connectivity index is 1.98. The quantitative estimate of drug-likeness (QED) is 0.909. The first-order chi connectivity index (χ1) is 8.74. The molecule has 0 radical (unpaired) electrons. The van der Waals surface area contributed by atoms with Crippen LogP contribution in [-0.2, 0) is 0 Å². The third-order valence-electron chi connectivity index (χ3n) is 3.64. The Kier molecular flexibility index (Phi) is 4.89. The molecular formula is C14H22N2OS. The van der Waals surface area contributed by atoms with Crippen LogP contribution in [0.4, 0.5) is 5.69 Å². The summed E-state index contributed by atoms with van der Waals surface area (Å²) >= 11 is 1.98. The molecule has 1 aliphatic rings. The van der Waals surface area contributed by atoms with Crippen LogP contribution in [0.25, 0.3) is 0 Å². The Labute approximate surface area is 114 Å². The van der Waals surface area contributed by atoms with E-state index in [0.717, 1.165) is 24.0 Å². The maximum absolute atomic E-state index is 9.72. The lowest BCUT2D eigenvalue weighted by Crippen LogP contribution is -2.34. The van der Waals surface area contributed by atoms with Crippen LogP contribution in [-0.4, -0.2) is 34.7 Å². The van der Waals surface area contributed by atoms with Gasteiger partial charge in [0, 0.05) is 18.3 Å². The summed E-state index contributed by atoms with van der Waals surface area (Å²) in [6.45, 7) is 4.19. The van der Waals surface area contributed by atoms with Gasteiger partial charge in [-0.05, 0) is 37.7 Å². The number of piperidine rings is 1. The van der Waals surface area contributed by atoms with Gasteiger partial charge in [0.15, 0.2) is 0 Å². The van der Waals surface area contributed by atoms with E-state index in [4.69, 9.17) is 0 Å². The molecule has 18 heavy (non-hydrogen) atoms. The molecule has 0 aromatic carbocycles. The van der Waals surface area contributed by atoms with Crippen molar-refractivity contribution >= 4 is 17.4 Å². The molecule has 1 saturated heterocycles. The van der Waals surface area contributed by atoms with Crippen LogP contribution in [0, 0.1) is 0 Å². The molecule has 100 valence electrons. The normalized spacial score (nSPS) is 18.9. The van der Waals surface area contributed by atoms with Crippen molar-refractivity contribution in [1.29, 1.82) is 0 Å². The van der Waals surface area contributed by atoms with Crippen LogP contribution in [0.2, 0.25) is 0 Å². The number of thioether (sulfide) groups is 1. The molecule has 1 N–H and O–H groups in total. The largest absolute Gasteiger partial charge is 0.387 e. The zero-order chi connectivity index (χ0) is 13.0. The number of aliphatic hydroxyl groups excluding tert-OH is 1. The second kappa shape index (κ2) is 6.43. The van der Waals surface area contributed by atoms with Gasteiger partial charge >= 0.3 is 0 Å². The highest BCUT2D eigenvalue weighted by molar-refractivity contribution is 7.99. The number of aromatic nitrogens is 1. The molecule has 3 nitrogen and oxygen atoms in total. The lowest BCUT2D eigenvalue weighted by Gasteiger charge is -2.32. The van der Waals surface area contributed by atoms with Crippen LogP contribution in [0.5, 0.6) is 0 Å².